The highest BCUT2D eigenvalue weighted by atomic mass is 35.5. The van der Waals surface area contributed by atoms with Crippen molar-refractivity contribution in [3.63, 3.8) is 0 Å². The van der Waals surface area contributed by atoms with Crippen LogP contribution in [-0.4, -0.2) is 5.78 Å². The summed E-state index contributed by atoms with van der Waals surface area (Å²) in [6.45, 7) is 5.77. The standard InChI is InChI=1S/C7H14O.ClH/c1-4-7(5-2)6(3)8;/h7H,4-5H2,1-3H3;1H. The van der Waals surface area contributed by atoms with E-state index in [0.29, 0.717) is 11.7 Å². The quantitative estimate of drug-likeness (QED) is 0.604. The zero-order chi connectivity index (χ0) is 6.57. The minimum absolute atomic E-state index is 0. The summed E-state index contributed by atoms with van der Waals surface area (Å²) in [5.74, 6) is 0.644. The first kappa shape index (κ1) is 11.7. The summed E-state index contributed by atoms with van der Waals surface area (Å²) in [6.07, 6.45) is 1.98. The normalized spacial score (nSPS) is 8.89. The van der Waals surface area contributed by atoms with E-state index >= 15 is 0 Å². The average Bonchev–Trinajstić information content (AvgIpc) is 1.69. The Hall–Kier alpha value is -0.0400. The maximum atomic E-state index is 10.6. The van der Waals surface area contributed by atoms with Crippen molar-refractivity contribution in [2.45, 2.75) is 33.6 Å². The molecular weight excluding hydrogens is 136 g/mol. The molecule has 56 valence electrons. The van der Waals surface area contributed by atoms with Gasteiger partial charge in [0.2, 0.25) is 0 Å². The highest BCUT2D eigenvalue weighted by molar-refractivity contribution is 5.85. The molecule has 0 aliphatic heterocycles. The highest BCUT2D eigenvalue weighted by Gasteiger charge is 2.06. The molecule has 2 heteroatoms. The van der Waals surface area contributed by atoms with Gasteiger partial charge in [-0.1, -0.05) is 13.8 Å². The fourth-order valence-corrected chi connectivity index (χ4v) is 0.864. The summed E-state index contributed by atoms with van der Waals surface area (Å²) in [5.41, 5.74) is 0. The molecule has 0 aliphatic carbocycles. The largest absolute Gasteiger partial charge is 0.300 e. The van der Waals surface area contributed by atoms with Crippen LogP contribution in [0.5, 0.6) is 0 Å². The monoisotopic (exact) mass is 150 g/mol. The predicted molar refractivity (Wildman–Crippen MR) is 42.0 cm³/mol. The van der Waals surface area contributed by atoms with Gasteiger partial charge in [0, 0.05) is 5.92 Å². The Labute approximate surface area is 63.2 Å². The SMILES string of the molecule is CCC(CC)C(C)=O.Cl. The van der Waals surface area contributed by atoms with Crippen LogP contribution in [0.25, 0.3) is 0 Å². The fourth-order valence-electron chi connectivity index (χ4n) is 0.864. The molecule has 0 aromatic heterocycles. The van der Waals surface area contributed by atoms with Gasteiger partial charge in [-0.2, -0.15) is 0 Å². The maximum Gasteiger partial charge on any atom is 0.132 e. The van der Waals surface area contributed by atoms with E-state index in [1.165, 1.54) is 0 Å². The summed E-state index contributed by atoms with van der Waals surface area (Å²) in [7, 11) is 0. The van der Waals surface area contributed by atoms with Crippen LogP contribution >= 0.6 is 12.4 Å². The van der Waals surface area contributed by atoms with Crippen molar-refractivity contribution in [3.8, 4) is 0 Å². The van der Waals surface area contributed by atoms with Gasteiger partial charge in [-0.05, 0) is 19.8 Å². The third kappa shape index (κ3) is 4.46. The molecular formula is C7H15ClO. The third-order valence-electron chi connectivity index (χ3n) is 1.56. The zero-order valence-corrected chi connectivity index (χ0v) is 7.12. The fraction of sp³-hybridized carbons (Fsp3) is 0.857. The Balaban J connectivity index is 0. The molecule has 0 saturated carbocycles. The number of rotatable bonds is 3. The number of halogens is 1. The number of ketones is 1. The molecule has 0 radical (unpaired) electrons. The van der Waals surface area contributed by atoms with Crippen LogP contribution in [0.3, 0.4) is 0 Å². The van der Waals surface area contributed by atoms with Crippen molar-refractivity contribution >= 4 is 18.2 Å². The number of carbonyl (C=O) groups is 1. The van der Waals surface area contributed by atoms with Crippen LogP contribution in [-0.2, 0) is 4.79 Å². The van der Waals surface area contributed by atoms with E-state index < -0.39 is 0 Å². The molecule has 0 N–H and O–H groups in total. The van der Waals surface area contributed by atoms with Gasteiger partial charge in [0.25, 0.3) is 0 Å². The molecule has 0 atom stereocenters. The van der Waals surface area contributed by atoms with Crippen molar-refractivity contribution < 1.29 is 4.79 Å². The number of Topliss-reactive ketones (excluding diaryl/α,β-unsaturated/α-hetero) is 1. The van der Waals surface area contributed by atoms with Crippen LogP contribution in [0.4, 0.5) is 0 Å². The van der Waals surface area contributed by atoms with E-state index in [2.05, 4.69) is 13.8 Å². The zero-order valence-electron chi connectivity index (χ0n) is 6.31. The van der Waals surface area contributed by atoms with E-state index in [1.807, 2.05) is 0 Å². The van der Waals surface area contributed by atoms with Gasteiger partial charge in [0.15, 0.2) is 0 Å². The van der Waals surface area contributed by atoms with E-state index in [4.69, 9.17) is 0 Å². The number of carbonyl (C=O) groups excluding carboxylic acids is 1. The first-order chi connectivity index (χ1) is 3.72. The Morgan fingerprint density at radius 1 is 1.33 bits per heavy atom. The molecule has 0 amide bonds. The minimum atomic E-state index is 0. The number of hydrogen-bond donors (Lipinski definition) is 0. The van der Waals surface area contributed by atoms with Crippen LogP contribution < -0.4 is 0 Å². The minimum Gasteiger partial charge on any atom is -0.300 e. The topological polar surface area (TPSA) is 17.1 Å². The smallest absolute Gasteiger partial charge is 0.132 e. The van der Waals surface area contributed by atoms with Crippen molar-refractivity contribution in [3.05, 3.63) is 0 Å². The molecule has 0 rings (SSSR count). The third-order valence-corrected chi connectivity index (χ3v) is 1.56. The molecule has 0 aromatic carbocycles. The highest BCUT2D eigenvalue weighted by Crippen LogP contribution is 2.06. The first-order valence-corrected chi connectivity index (χ1v) is 3.22. The summed E-state index contributed by atoms with van der Waals surface area (Å²) in [5, 5.41) is 0. The van der Waals surface area contributed by atoms with Crippen molar-refractivity contribution in [2.75, 3.05) is 0 Å². The first-order valence-electron chi connectivity index (χ1n) is 3.22. The molecule has 0 saturated heterocycles. The van der Waals surface area contributed by atoms with Gasteiger partial charge in [-0.25, -0.2) is 0 Å². The Bertz CT molecular complexity index is 77.0. The van der Waals surface area contributed by atoms with Crippen molar-refractivity contribution in [1.82, 2.24) is 0 Å². The molecule has 0 unspecified atom stereocenters. The average molecular weight is 151 g/mol. The lowest BCUT2D eigenvalue weighted by molar-refractivity contribution is -0.120. The van der Waals surface area contributed by atoms with Crippen LogP contribution in [0.15, 0.2) is 0 Å². The van der Waals surface area contributed by atoms with Crippen LogP contribution in [0.2, 0.25) is 0 Å². The number of hydrogen-bond acceptors (Lipinski definition) is 1. The van der Waals surface area contributed by atoms with E-state index in [-0.39, 0.29) is 12.4 Å². The Kier molecular flexibility index (Phi) is 7.92. The summed E-state index contributed by atoms with van der Waals surface area (Å²) < 4.78 is 0. The lowest BCUT2D eigenvalue weighted by atomic mass is 10.00. The van der Waals surface area contributed by atoms with Crippen LogP contribution in [0, 0.1) is 5.92 Å². The van der Waals surface area contributed by atoms with Crippen molar-refractivity contribution in [2.24, 2.45) is 5.92 Å². The van der Waals surface area contributed by atoms with Gasteiger partial charge in [-0.15, -0.1) is 12.4 Å². The lowest BCUT2D eigenvalue weighted by Gasteiger charge is -2.04. The van der Waals surface area contributed by atoms with Gasteiger partial charge in [0.1, 0.15) is 5.78 Å². The maximum absolute atomic E-state index is 10.6. The molecule has 1 nitrogen and oxygen atoms in total. The lowest BCUT2D eigenvalue weighted by Crippen LogP contribution is -2.07. The molecule has 9 heavy (non-hydrogen) atoms. The van der Waals surface area contributed by atoms with Gasteiger partial charge < -0.3 is 0 Å². The summed E-state index contributed by atoms with van der Waals surface area (Å²) in [6, 6.07) is 0. The van der Waals surface area contributed by atoms with Gasteiger partial charge >= 0.3 is 0 Å². The molecule has 0 aliphatic rings. The van der Waals surface area contributed by atoms with E-state index in [9.17, 15) is 4.79 Å². The van der Waals surface area contributed by atoms with Crippen molar-refractivity contribution in [1.29, 1.82) is 0 Å². The van der Waals surface area contributed by atoms with E-state index in [0.717, 1.165) is 12.8 Å². The second-order valence-corrected chi connectivity index (χ2v) is 2.12. The van der Waals surface area contributed by atoms with Gasteiger partial charge in [-0.3, -0.25) is 4.79 Å². The Morgan fingerprint density at radius 2 is 1.67 bits per heavy atom. The van der Waals surface area contributed by atoms with Crippen LogP contribution in [0.1, 0.15) is 33.6 Å². The molecule has 0 fully saturated rings. The molecule has 0 bridgehead atoms. The van der Waals surface area contributed by atoms with E-state index in [1.54, 1.807) is 6.92 Å². The molecule has 0 heterocycles. The summed E-state index contributed by atoms with van der Waals surface area (Å²) >= 11 is 0. The molecule has 0 aromatic rings. The molecule has 0 spiro atoms. The summed E-state index contributed by atoms with van der Waals surface area (Å²) in [4.78, 5) is 10.6. The Morgan fingerprint density at radius 3 is 1.67 bits per heavy atom. The van der Waals surface area contributed by atoms with Gasteiger partial charge in [0.05, 0.1) is 0 Å². The second-order valence-electron chi connectivity index (χ2n) is 2.12. The predicted octanol–water partition coefficient (Wildman–Crippen LogP) is 2.43. The second kappa shape index (κ2) is 6.09.